The molecule has 0 radical (unpaired) electrons. The Bertz CT molecular complexity index is 1010. The number of aryl methyl sites for hydroxylation is 1. The Hall–Kier alpha value is -3.19. The topological polar surface area (TPSA) is 73.2 Å². The number of anilines is 1. The molecule has 0 aliphatic carbocycles. The average Bonchev–Trinajstić information content (AvgIpc) is 2.95. The Morgan fingerprint density at radius 3 is 2.32 bits per heavy atom. The highest BCUT2D eigenvalue weighted by Crippen LogP contribution is 2.22. The highest BCUT2D eigenvalue weighted by atomic mass is 35.5. The monoisotopic (exact) mass is 401 g/mol. The third kappa shape index (κ3) is 4.37. The molecule has 0 bridgehead atoms. The van der Waals surface area contributed by atoms with Crippen molar-refractivity contribution >= 4 is 29.2 Å². The molecular weight excluding hydrogens is 385 g/mol. The van der Waals surface area contributed by atoms with Gasteiger partial charge in [0, 0.05) is 5.69 Å². The van der Waals surface area contributed by atoms with Crippen LogP contribution in [0.4, 0.5) is 10.1 Å². The lowest BCUT2D eigenvalue weighted by Crippen LogP contribution is -2.20. The van der Waals surface area contributed by atoms with Gasteiger partial charge in [-0.25, -0.2) is 13.9 Å². The molecule has 0 spiro atoms. The summed E-state index contributed by atoms with van der Waals surface area (Å²) in [5.74, 6) is -1.56. The molecule has 0 aliphatic rings. The first-order chi connectivity index (χ1) is 13.3. The van der Waals surface area contributed by atoms with E-state index in [0.717, 1.165) is 17.1 Å². The minimum Gasteiger partial charge on any atom is -0.452 e. The first-order valence-electron chi connectivity index (χ1n) is 8.40. The van der Waals surface area contributed by atoms with Crippen LogP contribution >= 0.6 is 11.6 Å². The number of benzene rings is 2. The van der Waals surface area contributed by atoms with Crippen molar-refractivity contribution in [3.8, 4) is 5.69 Å². The predicted molar refractivity (Wildman–Crippen MR) is 103 cm³/mol. The molecular formula is C20H17ClFN3O3. The Morgan fingerprint density at radius 1 is 1.11 bits per heavy atom. The Morgan fingerprint density at radius 2 is 1.75 bits per heavy atom. The molecule has 28 heavy (non-hydrogen) atoms. The molecule has 3 aromatic rings. The van der Waals surface area contributed by atoms with E-state index < -0.39 is 24.3 Å². The maximum atomic E-state index is 12.9. The molecule has 3 rings (SSSR count). The van der Waals surface area contributed by atoms with Gasteiger partial charge >= 0.3 is 5.97 Å². The van der Waals surface area contributed by atoms with Crippen LogP contribution in [0.5, 0.6) is 0 Å². The minimum atomic E-state index is -0.632. The molecule has 0 saturated heterocycles. The summed E-state index contributed by atoms with van der Waals surface area (Å²) >= 11 is 6.15. The lowest BCUT2D eigenvalue weighted by atomic mass is 10.2. The maximum absolute atomic E-state index is 12.9. The van der Waals surface area contributed by atoms with E-state index in [0.29, 0.717) is 16.3 Å². The van der Waals surface area contributed by atoms with Crippen LogP contribution in [-0.2, 0) is 9.53 Å². The molecule has 1 amide bonds. The van der Waals surface area contributed by atoms with E-state index >= 15 is 0 Å². The quantitative estimate of drug-likeness (QED) is 0.654. The number of rotatable bonds is 5. The molecule has 144 valence electrons. The molecule has 6 nitrogen and oxygen atoms in total. The van der Waals surface area contributed by atoms with Gasteiger partial charge in [-0.1, -0.05) is 11.6 Å². The summed E-state index contributed by atoms with van der Waals surface area (Å²) in [4.78, 5) is 24.0. The van der Waals surface area contributed by atoms with Crippen LogP contribution in [0.2, 0.25) is 5.02 Å². The van der Waals surface area contributed by atoms with E-state index in [1.54, 1.807) is 28.9 Å². The number of amides is 1. The predicted octanol–water partition coefficient (Wildman–Crippen LogP) is 4.08. The van der Waals surface area contributed by atoms with E-state index in [-0.39, 0.29) is 0 Å². The van der Waals surface area contributed by atoms with Gasteiger partial charge in [-0.15, -0.1) is 0 Å². The highest BCUT2D eigenvalue weighted by Gasteiger charge is 2.13. The van der Waals surface area contributed by atoms with Crippen LogP contribution in [-0.4, -0.2) is 28.3 Å². The van der Waals surface area contributed by atoms with Gasteiger partial charge in [0.2, 0.25) is 0 Å². The lowest BCUT2D eigenvalue weighted by Gasteiger charge is -2.08. The van der Waals surface area contributed by atoms with E-state index in [1.165, 1.54) is 24.3 Å². The number of nitrogens with zero attached hydrogens (tertiary/aromatic N) is 2. The van der Waals surface area contributed by atoms with Gasteiger partial charge in [-0.2, -0.15) is 5.10 Å². The molecule has 1 N–H and O–H groups in total. The van der Waals surface area contributed by atoms with Gasteiger partial charge in [0.15, 0.2) is 6.61 Å². The second-order valence-corrected chi connectivity index (χ2v) is 6.45. The number of ether oxygens (including phenoxy) is 1. The molecule has 0 atom stereocenters. The molecule has 1 aromatic heterocycles. The van der Waals surface area contributed by atoms with Crippen LogP contribution in [0.25, 0.3) is 5.69 Å². The van der Waals surface area contributed by atoms with E-state index in [4.69, 9.17) is 16.3 Å². The van der Waals surface area contributed by atoms with Crippen LogP contribution < -0.4 is 5.32 Å². The first kappa shape index (κ1) is 19.6. The summed E-state index contributed by atoms with van der Waals surface area (Å²) < 4.78 is 19.5. The fraction of sp³-hybridized carbons (Fsp3) is 0.150. The number of carbonyl (C=O) groups excluding carboxylic acids is 2. The minimum absolute atomic E-state index is 0.297. The number of hydrogen-bond donors (Lipinski definition) is 1. The molecule has 2 aromatic carbocycles. The third-order valence-corrected chi connectivity index (χ3v) is 4.56. The average molecular weight is 402 g/mol. The fourth-order valence-electron chi connectivity index (χ4n) is 2.56. The molecule has 8 heteroatoms. The van der Waals surface area contributed by atoms with Crippen molar-refractivity contribution in [3.05, 3.63) is 76.3 Å². The summed E-state index contributed by atoms with van der Waals surface area (Å²) in [6.45, 7) is 3.21. The standard InChI is InChI=1S/C20H17ClFN3O3/c1-12-19(21)13(2)25(24-12)17-9-3-14(4-10-17)20(27)28-11-18(26)23-16-7-5-15(22)6-8-16/h3-10H,11H2,1-2H3,(H,23,26). The third-order valence-electron chi connectivity index (χ3n) is 4.01. The largest absolute Gasteiger partial charge is 0.452 e. The number of carbonyl (C=O) groups is 2. The number of hydrogen-bond acceptors (Lipinski definition) is 4. The smallest absolute Gasteiger partial charge is 0.338 e. The van der Waals surface area contributed by atoms with Crippen LogP contribution in [0, 0.1) is 19.7 Å². The maximum Gasteiger partial charge on any atom is 0.338 e. The van der Waals surface area contributed by atoms with Crippen molar-refractivity contribution in [2.45, 2.75) is 13.8 Å². The van der Waals surface area contributed by atoms with E-state index in [2.05, 4.69) is 10.4 Å². The molecule has 0 saturated carbocycles. The fourth-order valence-corrected chi connectivity index (χ4v) is 2.68. The van der Waals surface area contributed by atoms with Crippen molar-refractivity contribution in [1.29, 1.82) is 0 Å². The van der Waals surface area contributed by atoms with Crippen molar-refractivity contribution in [2.75, 3.05) is 11.9 Å². The second-order valence-electron chi connectivity index (χ2n) is 6.07. The molecule has 0 aliphatic heterocycles. The summed E-state index contributed by atoms with van der Waals surface area (Å²) in [5, 5.41) is 7.46. The zero-order valence-electron chi connectivity index (χ0n) is 15.2. The zero-order valence-corrected chi connectivity index (χ0v) is 16.0. The van der Waals surface area contributed by atoms with Crippen LogP contribution in [0.15, 0.2) is 48.5 Å². The summed E-state index contributed by atoms with van der Waals surface area (Å²) in [6, 6.07) is 11.9. The summed E-state index contributed by atoms with van der Waals surface area (Å²) in [7, 11) is 0. The first-order valence-corrected chi connectivity index (χ1v) is 8.77. The Balaban J connectivity index is 1.59. The normalized spacial score (nSPS) is 10.6. The number of esters is 1. The van der Waals surface area contributed by atoms with Gasteiger partial charge < -0.3 is 10.1 Å². The van der Waals surface area contributed by atoms with Crippen molar-refractivity contribution < 1.29 is 18.7 Å². The van der Waals surface area contributed by atoms with Crippen molar-refractivity contribution in [3.63, 3.8) is 0 Å². The number of aromatic nitrogens is 2. The van der Waals surface area contributed by atoms with Gasteiger partial charge in [0.1, 0.15) is 5.82 Å². The zero-order chi connectivity index (χ0) is 20.3. The van der Waals surface area contributed by atoms with Crippen LogP contribution in [0.1, 0.15) is 21.7 Å². The molecule has 0 fully saturated rings. The van der Waals surface area contributed by atoms with Gasteiger partial charge in [0.25, 0.3) is 5.91 Å². The second kappa shape index (κ2) is 8.22. The lowest BCUT2D eigenvalue weighted by molar-refractivity contribution is -0.119. The summed E-state index contributed by atoms with van der Waals surface area (Å²) in [6.07, 6.45) is 0. The van der Waals surface area contributed by atoms with Gasteiger partial charge in [-0.05, 0) is 62.4 Å². The van der Waals surface area contributed by atoms with Crippen molar-refractivity contribution in [1.82, 2.24) is 9.78 Å². The summed E-state index contributed by atoms with van der Waals surface area (Å²) in [5.41, 5.74) is 2.97. The Labute approximate surface area is 165 Å². The van der Waals surface area contributed by atoms with Crippen molar-refractivity contribution in [2.24, 2.45) is 0 Å². The van der Waals surface area contributed by atoms with Crippen LogP contribution in [0.3, 0.4) is 0 Å². The SMILES string of the molecule is Cc1nn(-c2ccc(C(=O)OCC(=O)Nc3ccc(F)cc3)cc2)c(C)c1Cl. The Kier molecular flexibility index (Phi) is 5.75. The number of halogens is 2. The highest BCUT2D eigenvalue weighted by molar-refractivity contribution is 6.31. The number of nitrogens with one attached hydrogen (secondary N) is 1. The molecule has 1 heterocycles. The van der Waals surface area contributed by atoms with Gasteiger partial charge in [-0.3, -0.25) is 4.79 Å². The van der Waals surface area contributed by atoms with Gasteiger partial charge in [0.05, 0.1) is 27.7 Å². The van der Waals surface area contributed by atoms with E-state index in [9.17, 15) is 14.0 Å². The molecule has 0 unspecified atom stereocenters. The van der Waals surface area contributed by atoms with E-state index in [1.807, 2.05) is 13.8 Å².